The quantitative estimate of drug-likeness (QED) is 0.681. The van der Waals surface area contributed by atoms with Gasteiger partial charge in [0, 0.05) is 29.9 Å². The van der Waals surface area contributed by atoms with Crippen LogP contribution in [-0.2, 0) is 0 Å². The smallest absolute Gasteiger partial charge is 0.269 e. The van der Waals surface area contributed by atoms with Crippen LogP contribution >= 0.6 is 0 Å². The zero-order valence-corrected chi connectivity index (χ0v) is 11.9. The molecule has 0 saturated carbocycles. The molecular formula is C14H17N5O2. The molecule has 0 fully saturated rings. The van der Waals surface area contributed by atoms with Gasteiger partial charge in [0.2, 0.25) is 0 Å². The molecule has 0 saturated heterocycles. The summed E-state index contributed by atoms with van der Waals surface area (Å²) in [4.78, 5) is 14.5. The van der Waals surface area contributed by atoms with Crippen LogP contribution < -0.4 is 5.32 Å². The molecular weight excluding hydrogens is 270 g/mol. The van der Waals surface area contributed by atoms with Crippen molar-refractivity contribution in [3.8, 4) is 0 Å². The first kappa shape index (κ1) is 14.7. The van der Waals surface area contributed by atoms with E-state index in [0.717, 1.165) is 5.56 Å². The number of allylic oxidation sites excluding steroid dienone is 1. The Kier molecular flexibility index (Phi) is 4.65. The summed E-state index contributed by atoms with van der Waals surface area (Å²) in [5.41, 5.74) is 1.57. The van der Waals surface area contributed by atoms with Gasteiger partial charge in [0.15, 0.2) is 0 Å². The van der Waals surface area contributed by atoms with Crippen LogP contribution in [0, 0.1) is 10.1 Å². The second-order valence-electron chi connectivity index (χ2n) is 4.76. The average Bonchev–Trinajstić information content (AvgIpc) is 2.59. The Bertz CT molecular complexity index is 590. The average molecular weight is 287 g/mol. The van der Waals surface area contributed by atoms with E-state index in [1.54, 1.807) is 29.7 Å². The molecule has 110 valence electrons. The van der Waals surface area contributed by atoms with Crippen LogP contribution in [0.5, 0.6) is 0 Å². The number of non-ortho nitro benzene ring substituents is 1. The minimum Gasteiger partial charge on any atom is -0.372 e. The van der Waals surface area contributed by atoms with Crippen molar-refractivity contribution >= 4 is 17.7 Å². The fraction of sp³-hybridized carbons (Fsp3) is 0.286. The van der Waals surface area contributed by atoms with Gasteiger partial charge < -0.3 is 5.32 Å². The van der Waals surface area contributed by atoms with E-state index < -0.39 is 4.92 Å². The van der Waals surface area contributed by atoms with Crippen LogP contribution in [0.25, 0.3) is 0 Å². The van der Waals surface area contributed by atoms with Crippen LogP contribution in [-0.4, -0.2) is 34.7 Å². The number of benzene rings is 1. The number of hydrazone groups is 1. The molecule has 1 heterocycles. The first-order chi connectivity index (χ1) is 10.1. The highest BCUT2D eigenvalue weighted by Crippen LogP contribution is 2.14. The monoisotopic (exact) mass is 287 g/mol. The van der Waals surface area contributed by atoms with Crippen LogP contribution in [0.1, 0.15) is 19.4 Å². The van der Waals surface area contributed by atoms with Gasteiger partial charge in [0.1, 0.15) is 13.0 Å². The number of hydrogen-bond donors (Lipinski definition) is 1. The summed E-state index contributed by atoms with van der Waals surface area (Å²) in [6, 6.07) is 6.48. The maximum Gasteiger partial charge on any atom is 0.269 e. The number of nitrogens with zero attached hydrogens (tertiary/aromatic N) is 4. The number of aliphatic imine (C=N–C) groups is 1. The lowest BCUT2D eigenvalue weighted by Crippen LogP contribution is -2.25. The Morgan fingerprint density at radius 2 is 2.05 bits per heavy atom. The van der Waals surface area contributed by atoms with Gasteiger partial charge in [-0.15, -0.1) is 0 Å². The van der Waals surface area contributed by atoms with Crippen LogP contribution in [0.3, 0.4) is 0 Å². The van der Waals surface area contributed by atoms with Crippen molar-refractivity contribution in [1.29, 1.82) is 0 Å². The maximum atomic E-state index is 10.7. The normalized spacial score (nSPS) is 20.5. The van der Waals surface area contributed by atoms with Gasteiger partial charge in [-0.3, -0.25) is 20.1 Å². The minimum absolute atomic E-state index is 0.0619. The summed E-state index contributed by atoms with van der Waals surface area (Å²) >= 11 is 0. The number of nitrogens with one attached hydrogen (secondary N) is 1. The molecule has 0 bridgehead atoms. The highest BCUT2D eigenvalue weighted by Gasteiger charge is 2.10. The van der Waals surface area contributed by atoms with Crippen LogP contribution in [0.4, 0.5) is 5.69 Å². The van der Waals surface area contributed by atoms with Crippen molar-refractivity contribution in [1.82, 2.24) is 10.3 Å². The predicted octanol–water partition coefficient (Wildman–Crippen LogP) is 2.11. The molecule has 1 aromatic carbocycles. The lowest BCUT2D eigenvalue weighted by molar-refractivity contribution is -0.384. The molecule has 1 N–H and O–H groups in total. The molecule has 0 amide bonds. The van der Waals surface area contributed by atoms with Crippen LogP contribution in [0.15, 0.2) is 46.6 Å². The zero-order valence-electron chi connectivity index (χ0n) is 11.9. The van der Waals surface area contributed by atoms with E-state index in [-0.39, 0.29) is 11.7 Å². The third-order valence-electron chi connectivity index (χ3n) is 2.87. The molecule has 0 radical (unpaired) electrons. The Morgan fingerprint density at radius 3 is 2.67 bits per heavy atom. The summed E-state index contributed by atoms with van der Waals surface area (Å²) in [6.45, 7) is 4.50. The SMILES string of the molecule is CC(C)N1/C=N/CN/C=C/C(c2ccc([N+](=O)[O-])cc2)=N\1. The topological polar surface area (TPSA) is 83.1 Å². The zero-order chi connectivity index (χ0) is 15.2. The second kappa shape index (κ2) is 6.65. The molecule has 1 aliphatic heterocycles. The minimum atomic E-state index is -0.417. The van der Waals surface area contributed by atoms with Gasteiger partial charge in [0.25, 0.3) is 5.69 Å². The first-order valence-corrected chi connectivity index (χ1v) is 6.59. The fourth-order valence-corrected chi connectivity index (χ4v) is 1.71. The van der Waals surface area contributed by atoms with E-state index in [1.807, 2.05) is 19.9 Å². The van der Waals surface area contributed by atoms with E-state index in [9.17, 15) is 10.1 Å². The van der Waals surface area contributed by atoms with E-state index in [4.69, 9.17) is 0 Å². The number of nitro benzene ring substituents is 1. The summed E-state index contributed by atoms with van der Waals surface area (Å²) in [7, 11) is 0. The van der Waals surface area contributed by atoms with Crippen molar-refractivity contribution in [3.63, 3.8) is 0 Å². The number of rotatable bonds is 3. The fourth-order valence-electron chi connectivity index (χ4n) is 1.71. The summed E-state index contributed by atoms with van der Waals surface area (Å²) in [5, 5.41) is 20.0. The van der Waals surface area contributed by atoms with Gasteiger partial charge in [-0.05, 0) is 32.1 Å². The predicted molar refractivity (Wildman–Crippen MR) is 82.2 cm³/mol. The Morgan fingerprint density at radius 1 is 1.33 bits per heavy atom. The molecule has 1 aliphatic rings. The molecule has 0 atom stereocenters. The molecule has 0 unspecified atom stereocenters. The van der Waals surface area contributed by atoms with Gasteiger partial charge in [-0.1, -0.05) is 0 Å². The van der Waals surface area contributed by atoms with Gasteiger partial charge in [0.05, 0.1) is 10.6 Å². The highest BCUT2D eigenvalue weighted by atomic mass is 16.6. The summed E-state index contributed by atoms with van der Waals surface area (Å²) in [6.07, 6.45) is 5.27. The molecule has 1 aromatic rings. The van der Waals surface area contributed by atoms with Crippen molar-refractivity contribution < 1.29 is 4.92 Å². The van der Waals surface area contributed by atoms with Gasteiger partial charge in [-0.25, -0.2) is 0 Å². The second-order valence-corrected chi connectivity index (χ2v) is 4.76. The molecule has 0 spiro atoms. The molecule has 21 heavy (non-hydrogen) atoms. The van der Waals surface area contributed by atoms with Crippen molar-refractivity contribution in [3.05, 3.63) is 52.2 Å². The molecule has 7 heteroatoms. The standard InChI is InChI=1S/C14H17N5O2/c1-11(2)18-10-16-9-15-8-7-14(17-18)12-3-5-13(6-4-12)19(20)21/h3-8,10-11,15H,9H2,1-2H3/b8-7+,16-10+,17-14+. The van der Waals surface area contributed by atoms with E-state index in [2.05, 4.69) is 15.4 Å². The first-order valence-electron chi connectivity index (χ1n) is 6.59. The van der Waals surface area contributed by atoms with E-state index >= 15 is 0 Å². The van der Waals surface area contributed by atoms with Crippen molar-refractivity contribution in [2.75, 3.05) is 6.67 Å². The van der Waals surface area contributed by atoms with E-state index in [1.165, 1.54) is 12.1 Å². The highest BCUT2D eigenvalue weighted by molar-refractivity contribution is 6.08. The Balaban J connectivity index is 2.36. The van der Waals surface area contributed by atoms with Crippen LogP contribution in [0.2, 0.25) is 0 Å². The van der Waals surface area contributed by atoms with Crippen molar-refractivity contribution in [2.24, 2.45) is 10.1 Å². The third-order valence-corrected chi connectivity index (χ3v) is 2.87. The lowest BCUT2D eigenvalue weighted by Gasteiger charge is -2.18. The summed E-state index contributed by atoms with van der Waals surface area (Å²) < 4.78 is 0. The summed E-state index contributed by atoms with van der Waals surface area (Å²) in [5.74, 6) is 0. The largest absolute Gasteiger partial charge is 0.372 e. The molecule has 0 aromatic heterocycles. The van der Waals surface area contributed by atoms with Crippen molar-refractivity contribution in [2.45, 2.75) is 19.9 Å². The third kappa shape index (κ3) is 3.88. The number of nitro groups is 1. The molecule has 7 nitrogen and oxygen atoms in total. The number of hydrogen-bond acceptors (Lipinski definition) is 6. The van der Waals surface area contributed by atoms with Gasteiger partial charge in [-0.2, -0.15) is 5.10 Å². The Hall–Kier alpha value is -2.70. The molecule has 2 rings (SSSR count). The van der Waals surface area contributed by atoms with E-state index in [0.29, 0.717) is 12.4 Å². The lowest BCUT2D eigenvalue weighted by atomic mass is 10.1. The van der Waals surface area contributed by atoms with Gasteiger partial charge >= 0.3 is 0 Å². The molecule has 0 aliphatic carbocycles. The maximum absolute atomic E-state index is 10.7. The Labute approximate surface area is 122 Å².